The van der Waals surface area contributed by atoms with Crippen LogP contribution in [0.3, 0.4) is 0 Å². The van der Waals surface area contributed by atoms with Crippen molar-refractivity contribution in [1.29, 1.82) is 0 Å². The van der Waals surface area contributed by atoms with Crippen LogP contribution >= 0.6 is 23.2 Å². The van der Waals surface area contributed by atoms with Crippen LogP contribution < -0.4 is 5.32 Å². The third-order valence-corrected chi connectivity index (χ3v) is 3.37. The summed E-state index contributed by atoms with van der Waals surface area (Å²) in [5, 5.41) is 7.45. The van der Waals surface area contributed by atoms with Gasteiger partial charge in [-0.3, -0.25) is 4.79 Å². The first-order valence-corrected chi connectivity index (χ1v) is 6.97. The van der Waals surface area contributed by atoms with Gasteiger partial charge in [-0.25, -0.2) is 14.6 Å². The van der Waals surface area contributed by atoms with Crippen molar-refractivity contribution in [2.24, 2.45) is 0 Å². The van der Waals surface area contributed by atoms with Gasteiger partial charge in [0.15, 0.2) is 5.82 Å². The molecule has 0 fully saturated rings. The van der Waals surface area contributed by atoms with Gasteiger partial charge < -0.3 is 5.32 Å². The Kier molecular flexibility index (Phi) is 4.04. The molecule has 110 valence electrons. The fourth-order valence-electron chi connectivity index (χ4n) is 1.80. The van der Waals surface area contributed by atoms with Crippen molar-refractivity contribution >= 4 is 34.9 Å². The standard InChI is InChI=1S/C14H9Cl2N5O/c15-9-2-3-11(16)10(6-9)14(22)20-12-7-13(18-8-17-12)21-5-1-4-19-21/h1-8H,(H,17,18,20,22). The number of halogens is 2. The predicted molar refractivity (Wildman–Crippen MR) is 83.6 cm³/mol. The topological polar surface area (TPSA) is 72.7 Å². The molecule has 0 atom stereocenters. The van der Waals surface area contributed by atoms with Crippen LogP contribution in [0.2, 0.25) is 10.0 Å². The number of nitrogens with one attached hydrogen (secondary N) is 1. The molecular weight excluding hydrogens is 325 g/mol. The number of hydrogen-bond donors (Lipinski definition) is 1. The zero-order valence-corrected chi connectivity index (χ0v) is 12.6. The van der Waals surface area contributed by atoms with E-state index in [1.165, 1.54) is 12.4 Å². The Morgan fingerprint density at radius 2 is 2.05 bits per heavy atom. The van der Waals surface area contributed by atoms with E-state index in [0.29, 0.717) is 21.7 Å². The smallest absolute Gasteiger partial charge is 0.258 e. The molecule has 6 nitrogen and oxygen atoms in total. The van der Waals surface area contributed by atoms with Crippen LogP contribution in [-0.2, 0) is 0 Å². The number of carbonyl (C=O) groups is 1. The number of aromatic nitrogens is 4. The van der Waals surface area contributed by atoms with Crippen molar-refractivity contribution in [2.75, 3.05) is 5.32 Å². The van der Waals surface area contributed by atoms with Gasteiger partial charge in [0.1, 0.15) is 12.1 Å². The van der Waals surface area contributed by atoms with E-state index >= 15 is 0 Å². The van der Waals surface area contributed by atoms with Crippen molar-refractivity contribution < 1.29 is 4.79 Å². The van der Waals surface area contributed by atoms with Crippen LogP contribution in [0.1, 0.15) is 10.4 Å². The first-order valence-electron chi connectivity index (χ1n) is 6.22. The molecule has 1 amide bonds. The Morgan fingerprint density at radius 3 is 2.82 bits per heavy atom. The van der Waals surface area contributed by atoms with Crippen LogP contribution in [0.15, 0.2) is 49.1 Å². The Hall–Kier alpha value is -2.44. The molecule has 0 saturated carbocycles. The molecule has 2 aromatic heterocycles. The summed E-state index contributed by atoms with van der Waals surface area (Å²) in [7, 11) is 0. The molecule has 3 rings (SSSR count). The quantitative estimate of drug-likeness (QED) is 0.798. The van der Waals surface area contributed by atoms with Crippen molar-refractivity contribution in [3.8, 4) is 5.82 Å². The Labute approximate surface area is 135 Å². The molecule has 22 heavy (non-hydrogen) atoms. The van der Waals surface area contributed by atoms with Crippen LogP contribution in [0.25, 0.3) is 5.82 Å². The minimum Gasteiger partial charge on any atom is -0.306 e. The summed E-state index contributed by atoms with van der Waals surface area (Å²) in [6.07, 6.45) is 4.71. The Morgan fingerprint density at radius 1 is 1.18 bits per heavy atom. The highest BCUT2D eigenvalue weighted by atomic mass is 35.5. The average molecular weight is 334 g/mol. The molecular formula is C14H9Cl2N5O. The zero-order valence-electron chi connectivity index (χ0n) is 11.1. The number of nitrogens with zero attached hydrogens (tertiary/aromatic N) is 4. The van der Waals surface area contributed by atoms with E-state index in [1.54, 1.807) is 41.3 Å². The molecule has 0 saturated heterocycles. The third-order valence-electron chi connectivity index (χ3n) is 2.81. The fourth-order valence-corrected chi connectivity index (χ4v) is 2.18. The van der Waals surface area contributed by atoms with E-state index in [-0.39, 0.29) is 5.56 Å². The summed E-state index contributed by atoms with van der Waals surface area (Å²) in [6, 6.07) is 8.04. The third kappa shape index (κ3) is 3.08. The summed E-state index contributed by atoms with van der Waals surface area (Å²) in [5.74, 6) is 0.464. The van der Waals surface area contributed by atoms with Crippen molar-refractivity contribution in [3.63, 3.8) is 0 Å². The predicted octanol–water partition coefficient (Wildman–Crippen LogP) is 3.22. The molecule has 2 heterocycles. The van der Waals surface area contributed by atoms with Gasteiger partial charge in [-0.05, 0) is 24.3 Å². The molecule has 0 aliphatic rings. The maximum Gasteiger partial charge on any atom is 0.258 e. The number of benzene rings is 1. The number of carbonyl (C=O) groups excluding carboxylic acids is 1. The molecule has 0 aliphatic carbocycles. The van der Waals surface area contributed by atoms with Gasteiger partial charge in [0.05, 0.1) is 10.6 Å². The molecule has 0 bridgehead atoms. The Bertz CT molecular complexity index is 820. The molecule has 0 spiro atoms. The van der Waals surface area contributed by atoms with Crippen LogP contribution in [0.4, 0.5) is 5.82 Å². The van der Waals surface area contributed by atoms with Crippen LogP contribution in [-0.4, -0.2) is 25.7 Å². The van der Waals surface area contributed by atoms with Crippen molar-refractivity contribution in [2.45, 2.75) is 0 Å². The van der Waals surface area contributed by atoms with Crippen LogP contribution in [0, 0.1) is 0 Å². The number of rotatable bonds is 3. The molecule has 1 aromatic carbocycles. The number of anilines is 1. The first kappa shape index (κ1) is 14.5. The largest absolute Gasteiger partial charge is 0.306 e. The van der Waals surface area contributed by atoms with Crippen molar-refractivity contribution in [3.05, 3.63) is 64.7 Å². The molecule has 0 aliphatic heterocycles. The maximum atomic E-state index is 12.2. The lowest BCUT2D eigenvalue weighted by atomic mass is 10.2. The summed E-state index contributed by atoms with van der Waals surface area (Å²) in [6.45, 7) is 0. The second kappa shape index (κ2) is 6.13. The van der Waals surface area contributed by atoms with E-state index in [1.807, 2.05) is 0 Å². The normalized spacial score (nSPS) is 10.5. The SMILES string of the molecule is O=C(Nc1cc(-n2cccn2)ncn1)c1cc(Cl)ccc1Cl. The highest BCUT2D eigenvalue weighted by Gasteiger charge is 2.12. The first-order chi connectivity index (χ1) is 10.6. The highest BCUT2D eigenvalue weighted by Crippen LogP contribution is 2.21. The van der Waals surface area contributed by atoms with Gasteiger partial charge in [-0.15, -0.1) is 0 Å². The second-order valence-corrected chi connectivity index (χ2v) is 5.13. The van der Waals surface area contributed by atoms with Gasteiger partial charge in [-0.1, -0.05) is 23.2 Å². The summed E-state index contributed by atoms with van der Waals surface area (Å²) in [5.41, 5.74) is 0.272. The second-order valence-electron chi connectivity index (χ2n) is 4.29. The lowest BCUT2D eigenvalue weighted by molar-refractivity contribution is 0.102. The average Bonchev–Trinajstić information content (AvgIpc) is 3.04. The van der Waals surface area contributed by atoms with Crippen molar-refractivity contribution in [1.82, 2.24) is 19.7 Å². The minimum atomic E-state index is -0.405. The molecule has 0 unspecified atom stereocenters. The monoisotopic (exact) mass is 333 g/mol. The molecule has 8 heteroatoms. The van der Waals surface area contributed by atoms with Crippen LogP contribution in [0.5, 0.6) is 0 Å². The fraction of sp³-hybridized carbons (Fsp3) is 0. The summed E-state index contributed by atoms with van der Waals surface area (Å²) >= 11 is 11.9. The van der Waals surface area contributed by atoms with Gasteiger partial charge in [-0.2, -0.15) is 5.10 Å². The molecule has 0 radical (unpaired) electrons. The van der Waals surface area contributed by atoms with E-state index in [0.717, 1.165) is 0 Å². The summed E-state index contributed by atoms with van der Waals surface area (Å²) in [4.78, 5) is 20.3. The molecule has 1 N–H and O–H groups in total. The lowest BCUT2D eigenvalue weighted by Gasteiger charge is -2.07. The van der Waals surface area contributed by atoms with E-state index in [4.69, 9.17) is 23.2 Å². The maximum absolute atomic E-state index is 12.2. The molecule has 3 aromatic rings. The number of amides is 1. The lowest BCUT2D eigenvalue weighted by Crippen LogP contribution is -2.14. The Balaban J connectivity index is 1.85. The van der Waals surface area contributed by atoms with E-state index < -0.39 is 5.91 Å². The number of hydrogen-bond acceptors (Lipinski definition) is 4. The summed E-state index contributed by atoms with van der Waals surface area (Å²) < 4.78 is 1.56. The van der Waals surface area contributed by atoms with Gasteiger partial charge in [0.2, 0.25) is 0 Å². The van der Waals surface area contributed by atoms with E-state index in [2.05, 4.69) is 20.4 Å². The van der Waals surface area contributed by atoms with Gasteiger partial charge in [0, 0.05) is 23.5 Å². The highest BCUT2D eigenvalue weighted by molar-refractivity contribution is 6.36. The minimum absolute atomic E-state index is 0.272. The van der Waals surface area contributed by atoms with Gasteiger partial charge >= 0.3 is 0 Å². The van der Waals surface area contributed by atoms with Gasteiger partial charge in [0.25, 0.3) is 5.91 Å². The van der Waals surface area contributed by atoms with E-state index in [9.17, 15) is 4.79 Å². The zero-order chi connectivity index (χ0) is 15.5.